The van der Waals surface area contributed by atoms with E-state index in [0.29, 0.717) is 29.8 Å². The van der Waals surface area contributed by atoms with Crippen molar-refractivity contribution in [3.8, 4) is 5.75 Å². The number of fused-ring (bicyclic) bond motifs is 2. The molecule has 1 heterocycles. The van der Waals surface area contributed by atoms with Gasteiger partial charge in [0.15, 0.2) is 5.75 Å². The Bertz CT molecular complexity index is 1020. The molecule has 0 atom stereocenters. The van der Waals surface area contributed by atoms with Crippen molar-refractivity contribution in [1.82, 2.24) is 15.6 Å². The summed E-state index contributed by atoms with van der Waals surface area (Å²) in [4.78, 5) is 17.6. The Hall–Kier alpha value is -2.92. The lowest BCUT2D eigenvalue weighted by Gasteiger charge is -2.19. The summed E-state index contributed by atoms with van der Waals surface area (Å²) in [7, 11) is 0. The van der Waals surface area contributed by atoms with Crippen LogP contribution in [0.15, 0.2) is 48.5 Å². The van der Waals surface area contributed by atoms with Gasteiger partial charge in [-0.15, -0.1) is 0 Å². The Morgan fingerprint density at radius 2 is 1.76 bits per heavy atom. The molecule has 0 spiro atoms. The summed E-state index contributed by atoms with van der Waals surface area (Å²) in [5, 5.41) is 7.28. The van der Waals surface area contributed by atoms with E-state index in [9.17, 15) is 4.79 Å². The maximum atomic E-state index is 13.0. The van der Waals surface area contributed by atoms with Gasteiger partial charge in [0, 0.05) is 17.5 Å². The van der Waals surface area contributed by atoms with Crippen molar-refractivity contribution < 1.29 is 9.53 Å². The molecule has 0 fully saturated rings. The fourth-order valence-corrected chi connectivity index (χ4v) is 3.99. The number of carbonyl (C=O) groups excluding carboxylic acids is 1. The van der Waals surface area contributed by atoms with Crippen molar-refractivity contribution in [2.75, 3.05) is 6.73 Å². The molecule has 1 aliphatic rings. The lowest BCUT2D eigenvalue weighted by Crippen LogP contribution is -2.34. The smallest absolute Gasteiger partial charge is 0.256 e. The van der Waals surface area contributed by atoms with Gasteiger partial charge in [-0.2, -0.15) is 0 Å². The Morgan fingerprint density at radius 1 is 1.10 bits per heavy atom. The van der Waals surface area contributed by atoms with E-state index < -0.39 is 0 Å². The first-order valence-corrected chi connectivity index (χ1v) is 10.2. The normalized spacial score (nSPS) is 13.7. The fourth-order valence-electron chi connectivity index (χ4n) is 3.99. The van der Waals surface area contributed by atoms with Crippen LogP contribution in [0.2, 0.25) is 0 Å². The Balaban J connectivity index is 1.55. The molecular formula is C24H27N3O2. The highest BCUT2D eigenvalue weighted by molar-refractivity contribution is 6.08. The van der Waals surface area contributed by atoms with Crippen molar-refractivity contribution in [3.05, 3.63) is 70.9 Å². The van der Waals surface area contributed by atoms with Gasteiger partial charge in [-0.1, -0.05) is 42.5 Å². The highest BCUT2D eigenvalue weighted by atomic mass is 16.5. The molecule has 0 radical (unpaired) electrons. The van der Waals surface area contributed by atoms with Crippen LogP contribution in [0.1, 0.15) is 41.0 Å². The van der Waals surface area contributed by atoms with Gasteiger partial charge in [0.1, 0.15) is 6.73 Å². The zero-order chi connectivity index (χ0) is 20.4. The SMILES string of the molecule is Cc1nc2ccccc2c(C(=O)NC(C)C)c1OCNC1Cc2ccccc2C1. The average molecular weight is 389 g/mol. The van der Waals surface area contributed by atoms with Gasteiger partial charge in [0.2, 0.25) is 0 Å². The highest BCUT2D eigenvalue weighted by Crippen LogP contribution is 2.30. The first-order chi connectivity index (χ1) is 14.0. The molecule has 0 saturated heterocycles. The molecule has 1 aliphatic carbocycles. The zero-order valence-electron chi connectivity index (χ0n) is 17.2. The summed E-state index contributed by atoms with van der Waals surface area (Å²) >= 11 is 0. The van der Waals surface area contributed by atoms with E-state index >= 15 is 0 Å². The molecule has 2 N–H and O–H groups in total. The second kappa shape index (κ2) is 8.21. The Kier molecular flexibility index (Phi) is 5.49. The van der Waals surface area contributed by atoms with Gasteiger partial charge in [-0.25, -0.2) is 4.98 Å². The standard InChI is InChI=1S/C24H27N3O2/c1-15(2)26-24(28)22-20-10-6-7-11-21(20)27-16(3)23(22)29-14-25-19-12-17-8-4-5-9-18(17)13-19/h4-11,15,19,25H,12-14H2,1-3H3,(H,26,28). The minimum absolute atomic E-state index is 0.0395. The van der Waals surface area contributed by atoms with E-state index in [1.807, 2.05) is 45.0 Å². The molecule has 150 valence electrons. The number of nitrogens with one attached hydrogen (secondary N) is 2. The molecule has 4 rings (SSSR count). The molecule has 3 aromatic rings. The van der Waals surface area contributed by atoms with Crippen LogP contribution >= 0.6 is 0 Å². The van der Waals surface area contributed by atoms with Crippen molar-refractivity contribution in [2.45, 2.75) is 45.7 Å². The molecule has 0 aliphatic heterocycles. The van der Waals surface area contributed by atoms with Gasteiger partial charge in [-0.3, -0.25) is 10.1 Å². The maximum Gasteiger partial charge on any atom is 0.256 e. The predicted octanol–water partition coefficient (Wildman–Crippen LogP) is 3.77. The minimum atomic E-state index is -0.134. The van der Waals surface area contributed by atoms with Crippen LogP contribution < -0.4 is 15.4 Å². The molecule has 2 aromatic carbocycles. The number of carbonyl (C=O) groups is 1. The van der Waals surface area contributed by atoms with Gasteiger partial charge in [-0.05, 0) is 50.8 Å². The molecule has 0 saturated carbocycles. The Morgan fingerprint density at radius 3 is 2.45 bits per heavy atom. The first kappa shape index (κ1) is 19.4. The third kappa shape index (κ3) is 4.10. The third-order valence-electron chi connectivity index (χ3n) is 5.30. The molecular weight excluding hydrogens is 362 g/mol. The average Bonchev–Trinajstić information content (AvgIpc) is 3.10. The number of pyridine rings is 1. The van der Waals surface area contributed by atoms with E-state index in [0.717, 1.165) is 23.7 Å². The first-order valence-electron chi connectivity index (χ1n) is 10.2. The summed E-state index contributed by atoms with van der Waals surface area (Å²) in [6.45, 7) is 6.13. The number of rotatable bonds is 6. The van der Waals surface area contributed by atoms with Crippen molar-refractivity contribution in [1.29, 1.82) is 0 Å². The number of nitrogens with zero attached hydrogens (tertiary/aromatic N) is 1. The topological polar surface area (TPSA) is 63.2 Å². The summed E-state index contributed by atoms with van der Waals surface area (Å²) in [5.41, 5.74) is 4.86. The second-order valence-electron chi connectivity index (χ2n) is 7.91. The highest BCUT2D eigenvalue weighted by Gasteiger charge is 2.23. The van der Waals surface area contributed by atoms with Crippen molar-refractivity contribution >= 4 is 16.8 Å². The number of para-hydroxylation sites is 1. The van der Waals surface area contributed by atoms with Gasteiger partial charge in [0.25, 0.3) is 5.91 Å². The van der Waals surface area contributed by atoms with Gasteiger partial charge in [0.05, 0.1) is 16.8 Å². The summed E-state index contributed by atoms with van der Waals surface area (Å²) in [6.07, 6.45) is 1.99. The van der Waals surface area contributed by atoms with E-state index in [4.69, 9.17) is 4.74 Å². The molecule has 5 nitrogen and oxygen atoms in total. The van der Waals surface area contributed by atoms with E-state index in [1.54, 1.807) is 0 Å². The van der Waals surface area contributed by atoms with Gasteiger partial charge >= 0.3 is 0 Å². The van der Waals surface area contributed by atoms with Crippen molar-refractivity contribution in [3.63, 3.8) is 0 Å². The fraction of sp³-hybridized carbons (Fsp3) is 0.333. The monoisotopic (exact) mass is 389 g/mol. The van der Waals surface area contributed by atoms with E-state index in [1.165, 1.54) is 11.1 Å². The van der Waals surface area contributed by atoms with Crippen LogP contribution in [0.4, 0.5) is 0 Å². The Labute approximate surface area is 171 Å². The van der Waals surface area contributed by atoms with E-state index in [-0.39, 0.29) is 11.9 Å². The molecule has 1 aromatic heterocycles. The molecule has 1 amide bonds. The largest absolute Gasteiger partial charge is 0.476 e. The molecule has 0 bridgehead atoms. The van der Waals surface area contributed by atoms with Crippen LogP contribution in [0, 0.1) is 6.92 Å². The third-order valence-corrected chi connectivity index (χ3v) is 5.30. The number of ether oxygens (including phenoxy) is 1. The van der Waals surface area contributed by atoms with Crippen LogP contribution in [-0.2, 0) is 12.8 Å². The lowest BCUT2D eigenvalue weighted by molar-refractivity contribution is 0.0940. The molecule has 5 heteroatoms. The summed E-state index contributed by atoms with van der Waals surface area (Å²) < 4.78 is 6.11. The number of benzene rings is 2. The number of amides is 1. The summed E-state index contributed by atoms with van der Waals surface area (Å²) in [5.74, 6) is 0.412. The summed E-state index contributed by atoms with van der Waals surface area (Å²) in [6, 6.07) is 16.6. The number of hydrogen-bond donors (Lipinski definition) is 2. The molecule has 0 unspecified atom stereocenters. The zero-order valence-corrected chi connectivity index (χ0v) is 17.2. The van der Waals surface area contributed by atoms with E-state index in [2.05, 4.69) is 39.9 Å². The number of aryl methyl sites for hydroxylation is 1. The van der Waals surface area contributed by atoms with Crippen LogP contribution in [0.5, 0.6) is 5.75 Å². The quantitative estimate of drug-likeness (QED) is 0.630. The van der Waals surface area contributed by atoms with Crippen LogP contribution in [0.25, 0.3) is 10.9 Å². The number of hydrogen-bond acceptors (Lipinski definition) is 4. The number of aromatic nitrogens is 1. The lowest BCUT2D eigenvalue weighted by atomic mass is 10.1. The predicted molar refractivity (Wildman–Crippen MR) is 115 cm³/mol. The molecule has 29 heavy (non-hydrogen) atoms. The minimum Gasteiger partial charge on any atom is -0.476 e. The van der Waals surface area contributed by atoms with Crippen molar-refractivity contribution in [2.24, 2.45) is 0 Å². The van der Waals surface area contributed by atoms with Crippen LogP contribution in [-0.4, -0.2) is 29.7 Å². The maximum absolute atomic E-state index is 13.0. The van der Waals surface area contributed by atoms with Crippen LogP contribution in [0.3, 0.4) is 0 Å². The second-order valence-corrected chi connectivity index (χ2v) is 7.91. The van der Waals surface area contributed by atoms with Gasteiger partial charge < -0.3 is 10.1 Å².